The standard InChI is InChI=1S/Ba.Ce.Cu.O.Zr.2H/q+2;;;;;2*-1. The maximum Gasteiger partial charge on any atom is 0 e. The van der Waals surface area contributed by atoms with Crippen molar-refractivity contribution < 1.29 is 90.6 Å². The molecular formula is H2BaCeCuOZr. The van der Waals surface area contributed by atoms with Crippen LogP contribution in [0.3, 0.4) is 0 Å². The summed E-state index contributed by atoms with van der Waals surface area (Å²) in [6.45, 7) is 0. The van der Waals surface area contributed by atoms with Gasteiger partial charge in [-0.3, -0.25) is 0 Å². The largest absolute Gasteiger partial charge is 0 e. The molecule has 0 aromatic carbocycles. The van der Waals surface area contributed by atoms with Crippen molar-refractivity contribution in [3.8, 4) is 0 Å². The van der Waals surface area contributed by atoms with Gasteiger partial charge in [-0.2, -0.15) is 0 Å². The second kappa shape index (κ2) is 24.2. The van der Waals surface area contributed by atoms with Gasteiger partial charge in [0.2, 0.25) is 0 Å². The van der Waals surface area contributed by atoms with Gasteiger partial charge in [-0.25, -0.2) is 0 Å². The first kappa shape index (κ1) is 22.9. The summed E-state index contributed by atoms with van der Waals surface area (Å²) >= 11 is 2.94. The van der Waals surface area contributed by atoms with Gasteiger partial charge >= 0.3 is 68.7 Å². The molecule has 1 nitrogen and oxygen atoms in total. The van der Waals surface area contributed by atoms with Crippen molar-refractivity contribution in [3.05, 3.63) is 0 Å². The molecule has 0 bridgehead atoms. The van der Waals surface area contributed by atoms with Crippen molar-refractivity contribution in [3.63, 3.8) is 0 Å². The maximum atomic E-state index is 7.81. The first-order valence-electron chi connectivity index (χ1n) is 0.123. The van der Waals surface area contributed by atoms with Gasteiger partial charge < -0.3 is 2.85 Å². The molecule has 29 valence electrons. The summed E-state index contributed by atoms with van der Waals surface area (Å²) in [5.41, 5.74) is 0. The molecule has 0 aromatic rings. The second-order valence-electron chi connectivity index (χ2n) is 0. The molecule has 0 rings (SSSR count). The molecule has 0 saturated heterocycles. The van der Waals surface area contributed by atoms with E-state index in [1.54, 1.807) is 0 Å². The third kappa shape index (κ3) is 17.9. The van der Waals surface area contributed by atoms with Crippen LogP contribution in [0.2, 0.25) is 0 Å². The minimum Gasteiger partial charge on any atom is 0 e. The topological polar surface area (TPSA) is 17.1 Å². The summed E-state index contributed by atoms with van der Waals surface area (Å²) < 4.78 is 7.81. The summed E-state index contributed by atoms with van der Waals surface area (Å²) in [4.78, 5) is 0. The molecule has 0 saturated carbocycles. The van der Waals surface area contributed by atoms with Crippen molar-refractivity contribution in [2.45, 2.75) is 0 Å². The van der Waals surface area contributed by atoms with Crippen LogP contribution in [0.5, 0.6) is 0 Å². The van der Waals surface area contributed by atoms with Crippen LogP contribution in [0.1, 0.15) is 2.85 Å². The molecule has 0 fully saturated rings. The van der Waals surface area contributed by atoms with Gasteiger partial charge in [-0.05, 0) is 0 Å². The quantitative estimate of drug-likeness (QED) is 0.465. The van der Waals surface area contributed by atoms with E-state index in [1.807, 2.05) is 0 Å². The Morgan fingerprint density at radius 1 is 1.40 bits per heavy atom. The first-order valence-corrected chi connectivity index (χ1v) is 0.508. The average Bonchev–Trinajstić information content (AvgIpc) is 1.00. The second-order valence-corrected chi connectivity index (χ2v) is 0. The molecule has 0 atom stereocenters. The number of hydrogen-bond donors (Lipinski definition) is 0. The van der Waals surface area contributed by atoms with E-state index in [2.05, 4.69) is 15.9 Å². The van der Waals surface area contributed by atoms with Gasteiger partial charge in [0.25, 0.3) is 0 Å². The Kier molecular flexibility index (Phi) is 111. The third-order valence-electron chi connectivity index (χ3n) is 0. The molecule has 0 heterocycles. The Morgan fingerprint density at radius 3 is 1.40 bits per heavy atom. The molecule has 5 heteroatoms. The predicted octanol–water partition coefficient (Wildman–Crippen LogP) is -0.280. The third-order valence-corrected chi connectivity index (χ3v) is 0. The van der Waals surface area contributed by atoms with E-state index in [0.717, 1.165) is 0 Å². The van der Waals surface area contributed by atoms with Crippen molar-refractivity contribution in [1.82, 2.24) is 0 Å². The molecule has 0 amide bonds. The summed E-state index contributed by atoms with van der Waals surface area (Å²) in [5.74, 6) is 0. The molecule has 0 aliphatic carbocycles. The molecule has 0 spiro atoms. The van der Waals surface area contributed by atoms with Crippen molar-refractivity contribution in [1.29, 1.82) is 0 Å². The van der Waals surface area contributed by atoms with Gasteiger partial charge in [0.1, 0.15) is 0 Å². The first-order chi connectivity index (χ1) is 1.00. The van der Waals surface area contributed by atoms with E-state index in [4.69, 9.17) is 3.83 Å². The minimum absolute atomic E-state index is 0. The van der Waals surface area contributed by atoms with Crippen molar-refractivity contribution in [2.75, 3.05) is 0 Å². The predicted molar refractivity (Wildman–Crippen MR) is 8.66 cm³/mol. The Hall–Kier alpha value is 4.15. The molecule has 0 aromatic heterocycles. The summed E-state index contributed by atoms with van der Waals surface area (Å²) in [7, 11) is 0. The van der Waals surface area contributed by atoms with Crippen LogP contribution in [-0.2, 0) is 46.0 Å². The fourth-order valence-electron chi connectivity index (χ4n) is 0. The molecular weight excluding hydrogens is 448 g/mol. The van der Waals surface area contributed by atoms with E-state index >= 15 is 0 Å². The smallest absolute Gasteiger partial charge is 0 e. The van der Waals surface area contributed by atoms with Gasteiger partial charge in [0.05, 0.1) is 0 Å². The number of hydrogen-bond acceptors (Lipinski definition) is 1. The maximum absolute atomic E-state index is 7.81. The van der Waals surface area contributed by atoms with Crippen LogP contribution in [0.4, 0.5) is 0 Å². The van der Waals surface area contributed by atoms with Crippen molar-refractivity contribution >= 4 is 48.9 Å². The fourth-order valence-corrected chi connectivity index (χ4v) is 0. The molecule has 5 heavy (non-hydrogen) atoms. The van der Waals surface area contributed by atoms with Crippen LogP contribution in [-0.4, -0.2) is 48.9 Å². The van der Waals surface area contributed by atoms with Crippen molar-refractivity contribution in [2.24, 2.45) is 0 Å². The molecule has 0 N–H and O–H groups in total. The van der Waals surface area contributed by atoms with E-state index in [1.165, 1.54) is 0 Å². The van der Waals surface area contributed by atoms with E-state index in [9.17, 15) is 0 Å². The van der Waals surface area contributed by atoms with Gasteiger partial charge in [0.15, 0.2) is 0 Å². The summed E-state index contributed by atoms with van der Waals surface area (Å²) in [6.07, 6.45) is 0. The normalized spacial score (nSPS) is 1.20. The monoisotopic (exact) mass is 449 g/mol. The van der Waals surface area contributed by atoms with Crippen LogP contribution in [0.25, 0.3) is 0 Å². The van der Waals surface area contributed by atoms with E-state index < -0.39 is 0 Å². The summed E-state index contributed by atoms with van der Waals surface area (Å²) in [5, 5.41) is 0. The Labute approximate surface area is 135 Å². The molecule has 0 aliphatic rings. The van der Waals surface area contributed by atoms with E-state index in [-0.39, 0.29) is 120 Å². The Morgan fingerprint density at radius 2 is 1.40 bits per heavy atom. The SMILES string of the molecule is [Ba+2].[Ce].[H-].[H-].[O]=[Cu].[Zr]. The van der Waals surface area contributed by atoms with Gasteiger partial charge in [0, 0.05) is 68.0 Å². The Bertz CT molecular complexity index is 17.7. The molecule has 0 unspecified atom stereocenters. The molecule has 0 aliphatic heterocycles. The fraction of sp³-hybridized carbons (Fsp3) is 0. The summed E-state index contributed by atoms with van der Waals surface area (Å²) in [6, 6.07) is 0. The zero-order chi connectivity index (χ0) is 2.00. The molecule has 0 radical (unpaired) electrons. The van der Waals surface area contributed by atoms with Gasteiger partial charge in [-0.1, -0.05) is 0 Å². The zero-order valence-corrected chi connectivity index (χ0v) is 13.4. The average molecular weight is 450 g/mol. The zero-order valence-electron chi connectivity index (χ0n) is 4.42. The van der Waals surface area contributed by atoms with Crippen LogP contribution in [0, 0.1) is 41.7 Å². The van der Waals surface area contributed by atoms with Crippen LogP contribution in [0.15, 0.2) is 0 Å². The number of rotatable bonds is 0. The minimum atomic E-state index is 0. The van der Waals surface area contributed by atoms with Crippen LogP contribution >= 0.6 is 0 Å². The Balaban J connectivity index is -0.000000000500. The van der Waals surface area contributed by atoms with E-state index in [0.29, 0.717) is 0 Å². The van der Waals surface area contributed by atoms with Gasteiger partial charge in [-0.15, -0.1) is 0 Å². The van der Waals surface area contributed by atoms with Crippen LogP contribution < -0.4 is 0 Å².